The van der Waals surface area contributed by atoms with Crippen LogP contribution in [-0.4, -0.2) is 27.9 Å². The van der Waals surface area contributed by atoms with Gasteiger partial charge in [0.05, 0.1) is 10.5 Å². The largest absolute Gasteiger partial charge is 0.489 e. The van der Waals surface area contributed by atoms with Crippen molar-refractivity contribution in [2.24, 2.45) is 0 Å². The first-order chi connectivity index (χ1) is 7.97. The van der Waals surface area contributed by atoms with E-state index < -0.39 is 10.0 Å². The molecular weight excluding hydrogens is 242 g/mol. The summed E-state index contributed by atoms with van der Waals surface area (Å²) in [6.07, 6.45) is 2.26. The number of ether oxygens (including phenoxy) is 1. The molecule has 6 heteroatoms. The predicted molar refractivity (Wildman–Crippen MR) is 61.3 cm³/mol. The molecule has 2 rings (SSSR count). The van der Waals surface area contributed by atoms with Gasteiger partial charge in [0.15, 0.2) is 0 Å². The molecule has 0 saturated carbocycles. The zero-order valence-corrected chi connectivity index (χ0v) is 10.3. The number of rotatable bonds is 3. The van der Waals surface area contributed by atoms with Gasteiger partial charge in [0.1, 0.15) is 11.9 Å². The summed E-state index contributed by atoms with van der Waals surface area (Å²) in [5, 5.41) is 0. The topological polar surface area (TPSA) is 72.5 Å². The third kappa shape index (κ3) is 2.05. The average molecular weight is 254 g/mol. The number of benzene rings is 1. The Balaban J connectivity index is 2.61. The number of nitrogens with one attached hydrogen (secondary N) is 1. The van der Waals surface area contributed by atoms with Crippen molar-refractivity contribution >= 4 is 16.3 Å². The minimum absolute atomic E-state index is 0.0513. The lowest BCUT2D eigenvalue weighted by Gasteiger charge is -2.07. The van der Waals surface area contributed by atoms with Crippen LogP contribution in [0.5, 0.6) is 5.75 Å². The monoisotopic (exact) mass is 254 g/mol. The van der Waals surface area contributed by atoms with Gasteiger partial charge in [0.2, 0.25) is 16.3 Å². The van der Waals surface area contributed by atoms with Gasteiger partial charge in [-0.2, -0.15) is 0 Å². The maximum Gasteiger partial charge on any atom is 0.240 e. The molecule has 1 radical (unpaired) electrons. The highest BCUT2D eigenvalue weighted by Crippen LogP contribution is 2.33. The molecule has 0 aliphatic carbocycles. The summed E-state index contributed by atoms with van der Waals surface area (Å²) in [5.74, 6) is 0.447. The van der Waals surface area contributed by atoms with Crippen molar-refractivity contribution in [2.75, 3.05) is 7.05 Å². The fourth-order valence-electron chi connectivity index (χ4n) is 1.85. The van der Waals surface area contributed by atoms with Crippen molar-refractivity contribution < 1.29 is 17.9 Å². The highest BCUT2D eigenvalue weighted by atomic mass is 32.2. The van der Waals surface area contributed by atoms with Crippen molar-refractivity contribution in [3.05, 3.63) is 23.3 Å². The molecule has 0 saturated heterocycles. The van der Waals surface area contributed by atoms with E-state index in [1.54, 1.807) is 6.29 Å². The van der Waals surface area contributed by atoms with Crippen LogP contribution in [0, 0.1) is 0 Å². The minimum Gasteiger partial charge on any atom is -0.489 e. The summed E-state index contributed by atoms with van der Waals surface area (Å²) in [4.78, 5) is 10.9. The molecule has 1 aromatic rings. The lowest BCUT2D eigenvalue weighted by atomic mass is 10.1. The Morgan fingerprint density at radius 2 is 2.18 bits per heavy atom. The maximum absolute atomic E-state index is 11.7. The summed E-state index contributed by atoms with van der Waals surface area (Å²) in [5.41, 5.74) is 0.882. The second-order valence-electron chi connectivity index (χ2n) is 3.90. The lowest BCUT2D eigenvalue weighted by molar-refractivity contribution is 0.254. The van der Waals surface area contributed by atoms with E-state index in [2.05, 4.69) is 4.72 Å². The molecule has 1 heterocycles. The third-order valence-electron chi connectivity index (χ3n) is 2.65. The summed E-state index contributed by atoms with van der Waals surface area (Å²) in [7, 11) is -2.23. The van der Waals surface area contributed by atoms with Crippen LogP contribution in [0.15, 0.2) is 17.0 Å². The van der Waals surface area contributed by atoms with Crippen LogP contribution in [-0.2, 0) is 21.2 Å². The third-order valence-corrected chi connectivity index (χ3v) is 4.05. The number of carbonyl (C=O) groups excluding carboxylic acids is 1. The van der Waals surface area contributed by atoms with Gasteiger partial charge in [-0.1, -0.05) is 0 Å². The van der Waals surface area contributed by atoms with Crippen LogP contribution in [0.25, 0.3) is 0 Å². The molecule has 17 heavy (non-hydrogen) atoms. The molecular formula is C11H12NO4S. The highest BCUT2D eigenvalue weighted by molar-refractivity contribution is 7.89. The first-order valence-corrected chi connectivity index (χ1v) is 6.61. The minimum atomic E-state index is -3.55. The predicted octanol–water partition coefficient (Wildman–Crippen LogP) is 0.376. The summed E-state index contributed by atoms with van der Waals surface area (Å²) in [6.45, 7) is 1.86. The normalized spacial score (nSPS) is 18.6. The van der Waals surface area contributed by atoms with Crippen molar-refractivity contribution in [3.63, 3.8) is 0 Å². The van der Waals surface area contributed by atoms with E-state index in [1.807, 2.05) is 6.92 Å². The zero-order valence-electron chi connectivity index (χ0n) is 9.48. The fraction of sp³-hybridized carbons (Fsp3) is 0.364. The van der Waals surface area contributed by atoms with Gasteiger partial charge >= 0.3 is 0 Å². The Bertz CT molecular complexity index is 565. The van der Waals surface area contributed by atoms with Gasteiger partial charge in [0.25, 0.3) is 0 Å². The van der Waals surface area contributed by atoms with E-state index in [0.29, 0.717) is 12.2 Å². The summed E-state index contributed by atoms with van der Waals surface area (Å²) >= 11 is 0. The standard InChI is InChI=1S/C11H12NO4S/c1-7-3-8-4-10(17(14,15)12-2)5-9(6-13)11(8)16-7/h4-5,7,12H,3H2,1-2H3. The highest BCUT2D eigenvalue weighted by Gasteiger charge is 2.26. The van der Waals surface area contributed by atoms with E-state index in [-0.39, 0.29) is 16.6 Å². The first-order valence-electron chi connectivity index (χ1n) is 5.13. The molecule has 0 amide bonds. The van der Waals surface area contributed by atoms with Crippen molar-refractivity contribution in [2.45, 2.75) is 24.3 Å². The van der Waals surface area contributed by atoms with E-state index >= 15 is 0 Å². The van der Waals surface area contributed by atoms with Gasteiger partial charge in [-0.15, -0.1) is 0 Å². The molecule has 1 aromatic carbocycles. The Labute approximate surface area is 99.8 Å². The maximum atomic E-state index is 11.7. The van der Waals surface area contributed by atoms with E-state index in [4.69, 9.17) is 4.74 Å². The Morgan fingerprint density at radius 3 is 2.76 bits per heavy atom. The number of hydrogen-bond donors (Lipinski definition) is 1. The summed E-state index contributed by atoms with van der Waals surface area (Å²) in [6, 6.07) is 2.81. The molecule has 91 valence electrons. The van der Waals surface area contributed by atoms with E-state index in [1.165, 1.54) is 19.2 Å². The molecule has 0 spiro atoms. The number of sulfonamides is 1. The molecule has 1 aliphatic rings. The molecule has 0 fully saturated rings. The van der Waals surface area contributed by atoms with Gasteiger partial charge in [0, 0.05) is 6.42 Å². The van der Waals surface area contributed by atoms with Crippen LogP contribution in [0.2, 0.25) is 0 Å². The van der Waals surface area contributed by atoms with Gasteiger partial charge < -0.3 is 4.74 Å². The Kier molecular flexibility index (Phi) is 2.92. The molecule has 1 aliphatic heterocycles. The van der Waals surface area contributed by atoms with Crippen molar-refractivity contribution in [1.29, 1.82) is 0 Å². The van der Waals surface area contributed by atoms with Crippen molar-refractivity contribution in [3.8, 4) is 5.75 Å². The second kappa shape index (κ2) is 4.12. The molecule has 1 atom stereocenters. The Morgan fingerprint density at radius 1 is 1.47 bits per heavy atom. The lowest BCUT2D eigenvalue weighted by Crippen LogP contribution is -2.19. The van der Waals surface area contributed by atoms with Crippen LogP contribution < -0.4 is 9.46 Å². The number of hydrogen-bond acceptors (Lipinski definition) is 4. The molecule has 0 bridgehead atoms. The second-order valence-corrected chi connectivity index (χ2v) is 5.79. The van der Waals surface area contributed by atoms with Gasteiger partial charge in [-0.05, 0) is 31.7 Å². The smallest absolute Gasteiger partial charge is 0.240 e. The zero-order chi connectivity index (χ0) is 12.6. The molecule has 1 N–H and O–H groups in total. The van der Waals surface area contributed by atoms with Crippen molar-refractivity contribution in [1.82, 2.24) is 4.72 Å². The van der Waals surface area contributed by atoms with E-state index in [9.17, 15) is 13.2 Å². The molecule has 5 nitrogen and oxygen atoms in total. The fourth-order valence-corrected chi connectivity index (χ4v) is 2.66. The molecule has 0 aromatic heterocycles. The van der Waals surface area contributed by atoms with Gasteiger partial charge in [-0.25, -0.2) is 13.1 Å². The van der Waals surface area contributed by atoms with Crippen LogP contribution in [0.1, 0.15) is 18.1 Å². The van der Waals surface area contributed by atoms with Crippen LogP contribution >= 0.6 is 0 Å². The average Bonchev–Trinajstić information content (AvgIpc) is 2.67. The van der Waals surface area contributed by atoms with Crippen LogP contribution in [0.4, 0.5) is 0 Å². The van der Waals surface area contributed by atoms with E-state index in [0.717, 1.165) is 5.56 Å². The first kappa shape index (κ1) is 12.1. The quantitative estimate of drug-likeness (QED) is 0.846. The Hall–Kier alpha value is -1.40. The number of fused-ring (bicyclic) bond motifs is 1. The van der Waals surface area contributed by atoms with Gasteiger partial charge in [-0.3, -0.25) is 4.79 Å². The molecule has 1 unspecified atom stereocenters. The van der Waals surface area contributed by atoms with Crippen LogP contribution in [0.3, 0.4) is 0 Å². The SMILES string of the molecule is CNS(=O)(=O)c1cc([C]=O)c2c(c1)CC(C)O2. The summed E-state index contributed by atoms with van der Waals surface area (Å²) < 4.78 is 31.0.